The Labute approximate surface area is 138 Å². The van der Waals surface area contributed by atoms with E-state index < -0.39 is 0 Å². The Morgan fingerprint density at radius 1 is 1.33 bits per heavy atom. The molecule has 122 valence electrons. The van der Waals surface area contributed by atoms with Gasteiger partial charge in [-0.25, -0.2) is 0 Å². The van der Waals surface area contributed by atoms with Crippen LogP contribution < -0.4 is 10.1 Å². The number of methoxy groups -OCH3 is 1. The lowest BCUT2D eigenvalue weighted by molar-refractivity contribution is -0.117. The zero-order chi connectivity index (χ0) is 16.9. The summed E-state index contributed by atoms with van der Waals surface area (Å²) in [6, 6.07) is 9.16. The Kier molecular flexibility index (Phi) is 4.46. The van der Waals surface area contributed by atoms with Crippen LogP contribution in [0.1, 0.15) is 5.56 Å². The number of nitrogens with one attached hydrogen (secondary N) is 1. The van der Waals surface area contributed by atoms with E-state index in [0.29, 0.717) is 17.3 Å². The lowest BCUT2D eigenvalue weighted by Gasteiger charge is -2.10. The maximum atomic E-state index is 12.2. The summed E-state index contributed by atoms with van der Waals surface area (Å²) < 4.78 is 5.24. The first-order chi connectivity index (χ1) is 11.7. The van der Waals surface area contributed by atoms with Crippen molar-refractivity contribution in [1.29, 1.82) is 0 Å². The summed E-state index contributed by atoms with van der Waals surface area (Å²) in [5, 5.41) is 14.8. The number of amides is 1. The van der Waals surface area contributed by atoms with Gasteiger partial charge in [-0.05, 0) is 42.0 Å². The van der Waals surface area contributed by atoms with E-state index in [1.54, 1.807) is 31.6 Å². The first-order valence-electron chi connectivity index (χ1n) is 7.28. The fraction of sp³-hybridized carbons (Fsp3) is 0.188. The van der Waals surface area contributed by atoms with Gasteiger partial charge in [-0.1, -0.05) is 6.07 Å². The molecule has 1 N–H and O–H groups in total. The molecule has 2 heterocycles. The monoisotopic (exact) mass is 324 g/mol. The molecule has 0 atom stereocenters. The van der Waals surface area contributed by atoms with Crippen molar-refractivity contribution in [3.63, 3.8) is 0 Å². The number of anilines is 1. The molecule has 3 rings (SSSR count). The van der Waals surface area contributed by atoms with Crippen molar-refractivity contribution >= 4 is 11.6 Å². The lowest BCUT2D eigenvalue weighted by atomic mass is 10.2. The first-order valence-corrected chi connectivity index (χ1v) is 7.28. The topological polar surface area (TPSA) is 94.8 Å². The van der Waals surface area contributed by atoms with Gasteiger partial charge >= 0.3 is 0 Å². The maximum absolute atomic E-state index is 12.2. The van der Waals surface area contributed by atoms with Gasteiger partial charge in [-0.2, -0.15) is 4.80 Å². The number of rotatable bonds is 5. The molecule has 0 aliphatic carbocycles. The highest BCUT2D eigenvalue weighted by Gasteiger charge is 2.11. The summed E-state index contributed by atoms with van der Waals surface area (Å²) in [5.41, 5.74) is 2.36. The molecule has 0 unspecified atom stereocenters. The SMILES string of the molecule is COc1ccc(C)cc1NC(=O)Cn1nnc(-c2cccnc2)n1. The van der Waals surface area contributed by atoms with Crippen LogP contribution in [0.4, 0.5) is 5.69 Å². The highest BCUT2D eigenvalue weighted by Crippen LogP contribution is 2.25. The molecule has 0 aliphatic heterocycles. The third-order valence-electron chi connectivity index (χ3n) is 3.29. The predicted molar refractivity (Wildman–Crippen MR) is 87.4 cm³/mol. The van der Waals surface area contributed by atoms with Gasteiger partial charge in [-0.15, -0.1) is 10.2 Å². The average Bonchev–Trinajstić information content (AvgIpc) is 3.04. The lowest BCUT2D eigenvalue weighted by Crippen LogP contribution is -2.20. The maximum Gasteiger partial charge on any atom is 0.248 e. The summed E-state index contributed by atoms with van der Waals surface area (Å²) in [6.07, 6.45) is 3.30. The van der Waals surface area contributed by atoms with Gasteiger partial charge in [0.15, 0.2) is 0 Å². The van der Waals surface area contributed by atoms with E-state index in [2.05, 4.69) is 25.7 Å². The van der Waals surface area contributed by atoms with Gasteiger partial charge in [0.2, 0.25) is 11.7 Å². The normalized spacial score (nSPS) is 10.4. The quantitative estimate of drug-likeness (QED) is 0.767. The van der Waals surface area contributed by atoms with E-state index in [1.807, 2.05) is 25.1 Å². The molecule has 3 aromatic rings. The molecule has 8 heteroatoms. The molecule has 1 amide bonds. The Bertz CT molecular complexity index is 847. The Morgan fingerprint density at radius 3 is 2.96 bits per heavy atom. The van der Waals surface area contributed by atoms with Gasteiger partial charge in [0.1, 0.15) is 12.3 Å². The fourth-order valence-electron chi connectivity index (χ4n) is 2.16. The molecule has 0 aliphatic rings. The molecule has 0 saturated carbocycles. The minimum atomic E-state index is -0.269. The van der Waals surface area contributed by atoms with Gasteiger partial charge in [0.25, 0.3) is 0 Å². The van der Waals surface area contributed by atoms with Crippen LogP contribution in [0.3, 0.4) is 0 Å². The number of ether oxygens (including phenoxy) is 1. The van der Waals surface area contributed by atoms with Gasteiger partial charge < -0.3 is 10.1 Å². The summed E-state index contributed by atoms with van der Waals surface area (Å²) in [4.78, 5) is 17.4. The van der Waals surface area contributed by atoms with Gasteiger partial charge in [-0.3, -0.25) is 9.78 Å². The van der Waals surface area contributed by atoms with Crippen LogP contribution in [-0.4, -0.2) is 38.2 Å². The highest BCUT2D eigenvalue weighted by molar-refractivity contribution is 5.92. The van der Waals surface area contributed by atoms with Crippen molar-refractivity contribution in [2.45, 2.75) is 13.5 Å². The molecule has 0 fully saturated rings. The second kappa shape index (κ2) is 6.86. The molecule has 8 nitrogen and oxygen atoms in total. The van der Waals surface area contributed by atoms with Crippen molar-refractivity contribution in [3.05, 3.63) is 48.3 Å². The molecule has 0 bridgehead atoms. The van der Waals surface area contributed by atoms with Crippen molar-refractivity contribution in [1.82, 2.24) is 25.2 Å². The number of hydrogen-bond acceptors (Lipinski definition) is 6. The van der Waals surface area contributed by atoms with Crippen LogP contribution in [0, 0.1) is 6.92 Å². The summed E-state index contributed by atoms with van der Waals surface area (Å²) >= 11 is 0. The van der Waals surface area contributed by atoms with Crippen molar-refractivity contribution in [2.24, 2.45) is 0 Å². The number of carbonyl (C=O) groups is 1. The number of aryl methyl sites for hydroxylation is 1. The smallest absolute Gasteiger partial charge is 0.248 e. The Hall–Kier alpha value is -3.29. The standard InChI is InChI=1S/C16H16N6O2/c1-11-5-6-14(24-2)13(8-11)18-15(23)10-22-20-16(19-21-22)12-4-3-7-17-9-12/h3-9H,10H2,1-2H3,(H,18,23). The van der Waals surface area contributed by atoms with Crippen molar-refractivity contribution in [3.8, 4) is 17.1 Å². The number of benzene rings is 1. The Balaban J connectivity index is 1.70. The average molecular weight is 324 g/mol. The third kappa shape index (κ3) is 3.54. The van der Waals surface area contributed by atoms with Crippen LogP contribution in [0.15, 0.2) is 42.7 Å². The number of pyridine rings is 1. The van der Waals surface area contributed by atoms with E-state index in [1.165, 1.54) is 4.80 Å². The summed E-state index contributed by atoms with van der Waals surface area (Å²) in [6.45, 7) is 1.89. The first kappa shape index (κ1) is 15.6. The zero-order valence-corrected chi connectivity index (χ0v) is 13.3. The predicted octanol–water partition coefficient (Wildman–Crippen LogP) is 1.69. The van der Waals surface area contributed by atoms with Crippen molar-refractivity contribution < 1.29 is 9.53 Å². The minimum absolute atomic E-state index is 0.0512. The largest absolute Gasteiger partial charge is 0.495 e. The van der Waals surface area contributed by atoms with Crippen LogP contribution in [0.25, 0.3) is 11.4 Å². The molecular weight excluding hydrogens is 308 g/mol. The second-order valence-corrected chi connectivity index (χ2v) is 5.14. The van der Waals surface area contributed by atoms with Crippen LogP contribution in [-0.2, 0) is 11.3 Å². The van der Waals surface area contributed by atoms with E-state index in [0.717, 1.165) is 11.1 Å². The number of carbonyl (C=O) groups excluding carboxylic acids is 1. The van der Waals surface area contributed by atoms with E-state index in [9.17, 15) is 4.79 Å². The van der Waals surface area contributed by atoms with E-state index in [-0.39, 0.29) is 12.5 Å². The van der Waals surface area contributed by atoms with Crippen LogP contribution in [0.5, 0.6) is 5.75 Å². The number of hydrogen-bond donors (Lipinski definition) is 1. The number of nitrogens with zero attached hydrogens (tertiary/aromatic N) is 5. The third-order valence-corrected chi connectivity index (χ3v) is 3.29. The Morgan fingerprint density at radius 2 is 2.21 bits per heavy atom. The summed E-state index contributed by atoms with van der Waals surface area (Å²) in [7, 11) is 1.56. The summed E-state index contributed by atoms with van der Waals surface area (Å²) in [5.74, 6) is 0.745. The molecule has 1 aromatic carbocycles. The molecule has 2 aromatic heterocycles. The number of tetrazole rings is 1. The van der Waals surface area contributed by atoms with Gasteiger partial charge in [0, 0.05) is 18.0 Å². The minimum Gasteiger partial charge on any atom is -0.495 e. The van der Waals surface area contributed by atoms with Crippen LogP contribution >= 0.6 is 0 Å². The zero-order valence-electron chi connectivity index (χ0n) is 13.3. The van der Waals surface area contributed by atoms with E-state index in [4.69, 9.17) is 4.74 Å². The molecular formula is C16H16N6O2. The fourth-order valence-corrected chi connectivity index (χ4v) is 2.16. The van der Waals surface area contributed by atoms with Crippen molar-refractivity contribution in [2.75, 3.05) is 12.4 Å². The molecule has 24 heavy (non-hydrogen) atoms. The molecule has 0 saturated heterocycles. The molecule has 0 spiro atoms. The molecule has 0 radical (unpaired) electrons. The van der Waals surface area contributed by atoms with Crippen LogP contribution in [0.2, 0.25) is 0 Å². The number of aromatic nitrogens is 5. The second-order valence-electron chi connectivity index (χ2n) is 5.14. The highest BCUT2D eigenvalue weighted by atomic mass is 16.5. The van der Waals surface area contributed by atoms with Gasteiger partial charge in [0.05, 0.1) is 12.8 Å². The van der Waals surface area contributed by atoms with E-state index >= 15 is 0 Å².